The number of carbonyl (C=O) groups excluding carboxylic acids is 3. The number of piperazine rings is 1. The SMILES string of the molecule is COC(=O)c1ccc(/C=C/C(=O)N2CCN(CC(=O)Nc3cccc(F)c3)CC2)cc1. The van der Waals surface area contributed by atoms with Crippen LogP contribution in [0.3, 0.4) is 0 Å². The lowest BCUT2D eigenvalue weighted by atomic mass is 10.1. The van der Waals surface area contributed by atoms with Crippen LogP contribution in [0, 0.1) is 5.82 Å². The summed E-state index contributed by atoms with van der Waals surface area (Å²) in [5.41, 5.74) is 1.67. The predicted molar refractivity (Wildman–Crippen MR) is 115 cm³/mol. The summed E-state index contributed by atoms with van der Waals surface area (Å²) in [6, 6.07) is 12.5. The summed E-state index contributed by atoms with van der Waals surface area (Å²) in [6.07, 6.45) is 3.20. The first-order chi connectivity index (χ1) is 14.9. The zero-order valence-electron chi connectivity index (χ0n) is 17.2. The number of halogens is 1. The highest BCUT2D eigenvalue weighted by atomic mass is 19.1. The molecule has 2 amide bonds. The number of amides is 2. The third kappa shape index (κ3) is 6.48. The predicted octanol–water partition coefficient (Wildman–Crippen LogP) is 2.41. The van der Waals surface area contributed by atoms with E-state index < -0.39 is 11.8 Å². The van der Waals surface area contributed by atoms with Gasteiger partial charge in [-0.2, -0.15) is 0 Å². The second-order valence-electron chi connectivity index (χ2n) is 7.11. The highest BCUT2D eigenvalue weighted by Gasteiger charge is 2.21. The third-order valence-corrected chi connectivity index (χ3v) is 4.91. The van der Waals surface area contributed by atoms with E-state index in [1.807, 2.05) is 4.90 Å². The number of nitrogens with zero attached hydrogens (tertiary/aromatic N) is 2. The van der Waals surface area contributed by atoms with Gasteiger partial charge in [-0.3, -0.25) is 14.5 Å². The lowest BCUT2D eigenvalue weighted by molar-refractivity contribution is -0.127. The van der Waals surface area contributed by atoms with Crippen molar-refractivity contribution >= 4 is 29.5 Å². The Morgan fingerprint density at radius 1 is 1.06 bits per heavy atom. The van der Waals surface area contributed by atoms with E-state index in [1.165, 1.54) is 31.4 Å². The molecule has 1 aliphatic rings. The van der Waals surface area contributed by atoms with Gasteiger partial charge in [-0.1, -0.05) is 18.2 Å². The summed E-state index contributed by atoms with van der Waals surface area (Å²) < 4.78 is 17.9. The second-order valence-corrected chi connectivity index (χ2v) is 7.11. The molecule has 162 valence electrons. The van der Waals surface area contributed by atoms with E-state index in [4.69, 9.17) is 0 Å². The van der Waals surface area contributed by atoms with Crippen molar-refractivity contribution in [2.24, 2.45) is 0 Å². The quantitative estimate of drug-likeness (QED) is 0.568. The summed E-state index contributed by atoms with van der Waals surface area (Å²) in [6.45, 7) is 2.35. The van der Waals surface area contributed by atoms with Crippen LogP contribution >= 0.6 is 0 Å². The van der Waals surface area contributed by atoms with E-state index in [2.05, 4.69) is 10.1 Å². The van der Waals surface area contributed by atoms with Gasteiger partial charge in [-0.15, -0.1) is 0 Å². The third-order valence-electron chi connectivity index (χ3n) is 4.91. The summed E-state index contributed by atoms with van der Waals surface area (Å²) in [5, 5.41) is 2.68. The molecule has 2 aromatic rings. The van der Waals surface area contributed by atoms with Crippen LogP contribution in [0.1, 0.15) is 15.9 Å². The maximum absolute atomic E-state index is 13.2. The molecule has 1 aliphatic heterocycles. The van der Waals surface area contributed by atoms with Crippen molar-refractivity contribution < 1.29 is 23.5 Å². The number of ether oxygens (including phenoxy) is 1. The molecule has 1 heterocycles. The number of anilines is 1. The molecule has 7 nitrogen and oxygen atoms in total. The lowest BCUT2D eigenvalue weighted by Crippen LogP contribution is -2.50. The molecule has 0 unspecified atom stereocenters. The fraction of sp³-hybridized carbons (Fsp3) is 0.261. The van der Waals surface area contributed by atoms with Gasteiger partial charge >= 0.3 is 5.97 Å². The molecule has 1 fully saturated rings. The molecule has 0 atom stereocenters. The molecule has 8 heteroatoms. The molecule has 3 rings (SSSR count). The van der Waals surface area contributed by atoms with E-state index in [0.29, 0.717) is 37.4 Å². The van der Waals surface area contributed by atoms with Crippen molar-refractivity contribution in [2.45, 2.75) is 0 Å². The minimum Gasteiger partial charge on any atom is -0.465 e. The zero-order valence-corrected chi connectivity index (χ0v) is 17.2. The van der Waals surface area contributed by atoms with Gasteiger partial charge in [-0.05, 0) is 42.0 Å². The van der Waals surface area contributed by atoms with Crippen LogP contribution < -0.4 is 5.32 Å². The maximum Gasteiger partial charge on any atom is 0.337 e. The minimum absolute atomic E-state index is 0.110. The highest BCUT2D eigenvalue weighted by molar-refractivity contribution is 5.93. The first kappa shape index (κ1) is 22.2. The van der Waals surface area contributed by atoms with Gasteiger partial charge in [0.05, 0.1) is 19.2 Å². The van der Waals surface area contributed by atoms with Crippen LogP contribution in [0.2, 0.25) is 0 Å². The van der Waals surface area contributed by atoms with Gasteiger partial charge in [0.1, 0.15) is 5.82 Å². The number of hydrogen-bond acceptors (Lipinski definition) is 5. The Morgan fingerprint density at radius 3 is 2.42 bits per heavy atom. The smallest absolute Gasteiger partial charge is 0.337 e. The normalized spacial score (nSPS) is 14.5. The molecule has 0 bridgehead atoms. The summed E-state index contributed by atoms with van der Waals surface area (Å²) >= 11 is 0. The van der Waals surface area contributed by atoms with E-state index in [-0.39, 0.29) is 18.4 Å². The average molecular weight is 425 g/mol. The standard InChI is InChI=1S/C23H24FN3O4/c1-31-23(30)18-8-5-17(6-9-18)7-10-22(29)27-13-11-26(12-14-27)16-21(28)25-20-4-2-3-19(24)15-20/h2-10,15H,11-14,16H2,1H3,(H,25,28)/b10-7+. The lowest BCUT2D eigenvalue weighted by Gasteiger charge is -2.33. The number of nitrogens with one attached hydrogen (secondary N) is 1. The number of rotatable bonds is 6. The Bertz CT molecular complexity index is 967. The highest BCUT2D eigenvalue weighted by Crippen LogP contribution is 2.11. The van der Waals surface area contributed by atoms with Crippen molar-refractivity contribution in [1.82, 2.24) is 9.80 Å². The minimum atomic E-state index is -0.408. The number of hydrogen-bond donors (Lipinski definition) is 1. The Morgan fingerprint density at radius 2 is 1.77 bits per heavy atom. The number of esters is 1. The first-order valence-corrected chi connectivity index (χ1v) is 9.88. The van der Waals surface area contributed by atoms with E-state index >= 15 is 0 Å². The Kier molecular flexibility index (Phi) is 7.50. The molecule has 1 saturated heterocycles. The first-order valence-electron chi connectivity index (χ1n) is 9.88. The van der Waals surface area contributed by atoms with Gasteiger partial charge in [0, 0.05) is 37.9 Å². The molecule has 0 aromatic heterocycles. The van der Waals surface area contributed by atoms with Crippen molar-refractivity contribution in [2.75, 3.05) is 45.2 Å². The zero-order chi connectivity index (χ0) is 22.2. The van der Waals surface area contributed by atoms with Crippen molar-refractivity contribution in [3.8, 4) is 0 Å². The van der Waals surface area contributed by atoms with Crippen molar-refractivity contribution in [3.05, 3.63) is 71.6 Å². The van der Waals surface area contributed by atoms with Gasteiger partial charge in [0.2, 0.25) is 11.8 Å². The van der Waals surface area contributed by atoms with Gasteiger partial charge in [0.25, 0.3) is 0 Å². The molecule has 0 aliphatic carbocycles. The fourth-order valence-electron chi connectivity index (χ4n) is 3.22. The molecule has 31 heavy (non-hydrogen) atoms. The van der Waals surface area contributed by atoms with Crippen LogP contribution in [-0.2, 0) is 14.3 Å². The molecule has 1 N–H and O–H groups in total. The van der Waals surface area contributed by atoms with E-state index in [0.717, 1.165) is 5.56 Å². The molecule has 0 saturated carbocycles. The van der Waals surface area contributed by atoms with Gasteiger partial charge < -0.3 is 15.0 Å². The number of methoxy groups -OCH3 is 1. The van der Waals surface area contributed by atoms with E-state index in [9.17, 15) is 18.8 Å². The monoisotopic (exact) mass is 425 g/mol. The number of benzene rings is 2. The summed E-state index contributed by atoms with van der Waals surface area (Å²) in [7, 11) is 1.32. The Labute approximate surface area is 180 Å². The molecular formula is C23H24FN3O4. The van der Waals surface area contributed by atoms with Crippen LogP contribution in [0.25, 0.3) is 6.08 Å². The van der Waals surface area contributed by atoms with Gasteiger partial charge in [-0.25, -0.2) is 9.18 Å². The van der Waals surface area contributed by atoms with Gasteiger partial charge in [0.15, 0.2) is 0 Å². The fourth-order valence-corrected chi connectivity index (χ4v) is 3.22. The molecular weight excluding hydrogens is 401 g/mol. The van der Waals surface area contributed by atoms with Crippen LogP contribution in [0.4, 0.5) is 10.1 Å². The second kappa shape index (κ2) is 10.5. The molecule has 2 aromatic carbocycles. The summed E-state index contributed by atoms with van der Waals surface area (Å²) in [5.74, 6) is -1.15. The van der Waals surface area contributed by atoms with E-state index in [1.54, 1.807) is 41.3 Å². The Balaban J connectivity index is 1.44. The van der Waals surface area contributed by atoms with Crippen molar-refractivity contribution in [1.29, 1.82) is 0 Å². The molecule has 0 radical (unpaired) electrons. The average Bonchev–Trinajstić information content (AvgIpc) is 2.77. The van der Waals surface area contributed by atoms with Crippen LogP contribution in [0.5, 0.6) is 0 Å². The number of carbonyl (C=O) groups is 3. The van der Waals surface area contributed by atoms with Crippen molar-refractivity contribution in [3.63, 3.8) is 0 Å². The molecule has 0 spiro atoms. The van der Waals surface area contributed by atoms with Crippen LogP contribution in [-0.4, -0.2) is 67.4 Å². The largest absolute Gasteiger partial charge is 0.465 e. The maximum atomic E-state index is 13.2. The summed E-state index contributed by atoms with van der Waals surface area (Å²) in [4.78, 5) is 39.7. The van der Waals surface area contributed by atoms with Crippen LogP contribution in [0.15, 0.2) is 54.6 Å². The topological polar surface area (TPSA) is 79.0 Å². The Hall–Kier alpha value is -3.52.